The highest BCUT2D eigenvalue weighted by molar-refractivity contribution is 7.89. The fourth-order valence-electron chi connectivity index (χ4n) is 4.88. The first-order valence-corrected chi connectivity index (χ1v) is 13.9. The molecule has 0 bridgehead atoms. The lowest BCUT2D eigenvalue weighted by Gasteiger charge is -2.34. The molecule has 40 heavy (non-hydrogen) atoms. The third kappa shape index (κ3) is 5.30. The van der Waals surface area contributed by atoms with Crippen LogP contribution in [0.2, 0.25) is 0 Å². The molecule has 210 valence electrons. The first-order chi connectivity index (χ1) is 19.2. The van der Waals surface area contributed by atoms with Gasteiger partial charge in [-0.05, 0) is 12.1 Å². The van der Waals surface area contributed by atoms with Gasteiger partial charge in [-0.3, -0.25) is 20.2 Å². The van der Waals surface area contributed by atoms with E-state index < -0.39 is 36.1 Å². The van der Waals surface area contributed by atoms with Gasteiger partial charge in [0.25, 0.3) is 11.4 Å². The Morgan fingerprint density at radius 1 is 1.02 bits per heavy atom. The number of rotatable bonds is 8. The Morgan fingerprint density at radius 2 is 1.77 bits per heavy atom. The molecule has 2 aliphatic rings. The zero-order chi connectivity index (χ0) is 28.4. The Kier molecular flexibility index (Phi) is 7.60. The van der Waals surface area contributed by atoms with Gasteiger partial charge in [0.05, 0.1) is 41.9 Å². The number of anilines is 1. The number of para-hydroxylation sites is 1. The second-order valence-electron chi connectivity index (χ2n) is 9.23. The number of morpholine rings is 1. The Labute approximate surface area is 229 Å². The van der Waals surface area contributed by atoms with Gasteiger partial charge in [0.15, 0.2) is 4.90 Å². The lowest BCUT2D eigenvalue weighted by Crippen LogP contribution is -2.41. The van der Waals surface area contributed by atoms with Crippen LogP contribution in [0.1, 0.15) is 22.6 Å². The fraction of sp³-hybridized carbons (Fsp3) is 0.360. The van der Waals surface area contributed by atoms with Gasteiger partial charge in [-0.15, -0.1) is 0 Å². The van der Waals surface area contributed by atoms with Crippen molar-refractivity contribution in [2.75, 3.05) is 44.9 Å². The smallest absolute Gasteiger partial charge is 0.296 e. The molecule has 0 unspecified atom stereocenters. The third-order valence-corrected chi connectivity index (χ3v) is 8.76. The number of ether oxygens (including phenoxy) is 2. The Morgan fingerprint density at radius 3 is 2.48 bits per heavy atom. The molecule has 0 saturated carbocycles. The largest absolute Gasteiger partial charge is 0.496 e. The minimum atomic E-state index is -4.38. The number of nitro groups is 2. The van der Waals surface area contributed by atoms with Crippen LogP contribution >= 0.6 is 0 Å². The maximum Gasteiger partial charge on any atom is 0.296 e. The predicted octanol–water partition coefficient (Wildman–Crippen LogP) is 2.48. The molecule has 0 spiro atoms. The summed E-state index contributed by atoms with van der Waals surface area (Å²) in [6.07, 6.45) is 0.666. The van der Waals surface area contributed by atoms with Gasteiger partial charge in [-0.1, -0.05) is 18.2 Å². The molecule has 0 atom stereocenters. The highest BCUT2D eigenvalue weighted by atomic mass is 32.2. The molecule has 0 radical (unpaired) electrons. The number of hydrogen-bond donors (Lipinski definition) is 0. The minimum absolute atomic E-state index is 0.0249. The lowest BCUT2D eigenvalue weighted by atomic mass is 10.1. The van der Waals surface area contributed by atoms with E-state index in [0.29, 0.717) is 67.4 Å². The van der Waals surface area contributed by atoms with Crippen molar-refractivity contribution in [2.45, 2.75) is 24.3 Å². The lowest BCUT2D eigenvalue weighted by molar-refractivity contribution is -0.396. The van der Waals surface area contributed by atoms with Crippen LogP contribution in [0.3, 0.4) is 0 Å². The van der Waals surface area contributed by atoms with E-state index in [2.05, 4.69) is 0 Å². The van der Waals surface area contributed by atoms with Crippen LogP contribution in [0, 0.1) is 20.2 Å². The maximum atomic E-state index is 13.6. The van der Waals surface area contributed by atoms with Crippen molar-refractivity contribution < 1.29 is 27.7 Å². The summed E-state index contributed by atoms with van der Waals surface area (Å²) in [7, 11) is -2.79. The summed E-state index contributed by atoms with van der Waals surface area (Å²) in [5.41, 5.74) is 0.802. The van der Waals surface area contributed by atoms with Crippen LogP contribution in [0.4, 0.5) is 17.2 Å². The molecule has 1 fully saturated rings. The Bertz CT molecular complexity index is 1580. The van der Waals surface area contributed by atoms with Crippen molar-refractivity contribution in [3.8, 4) is 5.75 Å². The van der Waals surface area contributed by atoms with E-state index in [4.69, 9.17) is 19.4 Å². The molecular weight excluding hydrogens is 544 g/mol. The summed E-state index contributed by atoms with van der Waals surface area (Å²) in [5, 5.41) is 22.8. The molecule has 14 nitrogen and oxygen atoms in total. The van der Waals surface area contributed by atoms with Crippen LogP contribution in [0.25, 0.3) is 0 Å². The Balaban J connectivity index is 1.53. The van der Waals surface area contributed by atoms with Crippen LogP contribution in [-0.4, -0.2) is 72.5 Å². The summed E-state index contributed by atoms with van der Waals surface area (Å²) in [5.74, 6) is 1.86. The van der Waals surface area contributed by atoms with E-state index in [1.54, 1.807) is 7.11 Å². The quantitative estimate of drug-likeness (QED) is 0.288. The van der Waals surface area contributed by atoms with E-state index in [1.807, 2.05) is 29.2 Å². The first-order valence-electron chi connectivity index (χ1n) is 12.4. The summed E-state index contributed by atoms with van der Waals surface area (Å²) in [6.45, 7) is 2.00. The topological polar surface area (TPSA) is 171 Å². The SMILES string of the molecule is COc1ccccc1Cc1nc2c(c(N3CCOCC3)n1)CN(S(=O)(=O)c1ccc([N+](=O)[O-])cc1[N+](=O)[O-])CC2. The molecule has 2 aromatic carbocycles. The Hall–Kier alpha value is -4.21. The van der Waals surface area contributed by atoms with Crippen molar-refractivity contribution in [1.29, 1.82) is 0 Å². The second-order valence-corrected chi connectivity index (χ2v) is 11.1. The molecule has 0 aliphatic carbocycles. The number of nitro benzene ring substituents is 2. The minimum Gasteiger partial charge on any atom is -0.496 e. The van der Waals surface area contributed by atoms with Gasteiger partial charge >= 0.3 is 0 Å². The number of benzene rings is 2. The molecule has 5 rings (SSSR count). The number of nitrogens with zero attached hydrogens (tertiary/aromatic N) is 6. The van der Waals surface area contributed by atoms with Crippen molar-refractivity contribution in [2.24, 2.45) is 0 Å². The molecule has 0 amide bonds. The molecule has 15 heteroatoms. The molecule has 3 aromatic rings. The first kappa shape index (κ1) is 27.4. The van der Waals surface area contributed by atoms with E-state index in [0.717, 1.165) is 22.0 Å². The number of methoxy groups -OCH3 is 1. The molecule has 1 aromatic heterocycles. The monoisotopic (exact) mass is 570 g/mol. The van der Waals surface area contributed by atoms with E-state index in [-0.39, 0.29) is 19.5 Å². The highest BCUT2D eigenvalue weighted by Gasteiger charge is 2.37. The van der Waals surface area contributed by atoms with Gasteiger partial charge in [0, 0.05) is 56.2 Å². The van der Waals surface area contributed by atoms with Crippen LogP contribution in [0.5, 0.6) is 5.75 Å². The van der Waals surface area contributed by atoms with Crippen molar-refractivity contribution in [1.82, 2.24) is 14.3 Å². The van der Waals surface area contributed by atoms with Crippen LogP contribution in [-0.2, 0) is 34.1 Å². The van der Waals surface area contributed by atoms with Crippen molar-refractivity contribution >= 4 is 27.2 Å². The number of sulfonamides is 1. The fourth-order valence-corrected chi connectivity index (χ4v) is 6.43. The number of hydrogen-bond acceptors (Lipinski definition) is 11. The standard InChI is InChI=1S/C25H26N6O8S/c1-38-22-5-3-2-4-17(22)14-24-26-20-8-9-29(16-19(20)25(27-24)28-10-12-39-13-11-28)40(36,37)23-7-6-18(30(32)33)15-21(23)31(34)35/h2-7,15H,8-14,16H2,1H3. The highest BCUT2D eigenvalue weighted by Crippen LogP contribution is 2.35. The summed E-state index contributed by atoms with van der Waals surface area (Å²) in [4.78, 5) is 32.1. The van der Waals surface area contributed by atoms with Crippen LogP contribution in [0.15, 0.2) is 47.4 Å². The van der Waals surface area contributed by atoms with Crippen LogP contribution < -0.4 is 9.64 Å². The summed E-state index contributed by atoms with van der Waals surface area (Å²) in [6, 6.07) is 10.1. The number of fused-ring (bicyclic) bond motifs is 1. The number of non-ortho nitro benzene ring substituents is 1. The average Bonchev–Trinajstić information content (AvgIpc) is 2.96. The molecule has 0 N–H and O–H groups in total. The second kappa shape index (κ2) is 11.1. The molecular formula is C25H26N6O8S. The van der Waals surface area contributed by atoms with Gasteiger partial charge < -0.3 is 14.4 Å². The van der Waals surface area contributed by atoms with E-state index in [1.165, 1.54) is 0 Å². The van der Waals surface area contributed by atoms with Crippen molar-refractivity contribution in [3.05, 3.63) is 85.3 Å². The predicted molar refractivity (Wildman–Crippen MR) is 142 cm³/mol. The molecule has 3 heterocycles. The number of aromatic nitrogens is 2. The molecule has 1 saturated heterocycles. The van der Waals surface area contributed by atoms with Gasteiger partial charge in [0.1, 0.15) is 17.4 Å². The zero-order valence-electron chi connectivity index (χ0n) is 21.6. The normalized spacial score (nSPS) is 15.9. The third-order valence-electron chi connectivity index (χ3n) is 6.87. The average molecular weight is 571 g/mol. The summed E-state index contributed by atoms with van der Waals surface area (Å²) >= 11 is 0. The van der Waals surface area contributed by atoms with Gasteiger partial charge in [-0.25, -0.2) is 18.4 Å². The van der Waals surface area contributed by atoms with Gasteiger partial charge in [-0.2, -0.15) is 4.31 Å². The van der Waals surface area contributed by atoms with E-state index >= 15 is 0 Å². The molecule has 2 aliphatic heterocycles. The summed E-state index contributed by atoms with van der Waals surface area (Å²) < 4.78 is 39.4. The van der Waals surface area contributed by atoms with Crippen molar-refractivity contribution in [3.63, 3.8) is 0 Å². The maximum absolute atomic E-state index is 13.6. The zero-order valence-corrected chi connectivity index (χ0v) is 22.4. The van der Waals surface area contributed by atoms with Gasteiger partial charge in [0.2, 0.25) is 10.0 Å². The van der Waals surface area contributed by atoms with E-state index in [9.17, 15) is 28.6 Å².